The molecule has 70 valence electrons. The van der Waals surface area contributed by atoms with Gasteiger partial charge in [0.2, 0.25) is 0 Å². The summed E-state index contributed by atoms with van der Waals surface area (Å²) in [5, 5.41) is 0. The zero-order chi connectivity index (χ0) is 9.97. The van der Waals surface area contributed by atoms with E-state index in [1.54, 1.807) is 24.4 Å². The van der Waals surface area contributed by atoms with E-state index >= 15 is 0 Å². The van der Waals surface area contributed by atoms with Gasteiger partial charge in [-0.3, -0.25) is 14.3 Å². The Morgan fingerprint density at radius 2 is 2.07 bits per heavy atom. The second kappa shape index (κ2) is 3.29. The summed E-state index contributed by atoms with van der Waals surface area (Å²) in [7, 11) is 0. The molecule has 0 radical (unpaired) electrons. The summed E-state index contributed by atoms with van der Waals surface area (Å²) >= 11 is 0. The first-order valence-corrected chi connectivity index (χ1v) is 4.01. The number of nitrogens with zero attached hydrogens (tertiary/aromatic N) is 2. The summed E-state index contributed by atoms with van der Waals surface area (Å²) < 4.78 is 1.27. The van der Waals surface area contributed by atoms with Crippen LogP contribution in [0.25, 0.3) is 5.82 Å². The predicted molar refractivity (Wildman–Crippen MR) is 50.5 cm³/mol. The molecule has 0 aliphatic heterocycles. The van der Waals surface area contributed by atoms with Gasteiger partial charge >= 0.3 is 5.69 Å². The molecule has 0 bridgehead atoms. The van der Waals surface area contributed by atoms with Gasteiger partial charge in [-0.05, 0) is 12.1 Å². The largest absolute Gasteiger partial charge is 0.334 e. The second-order valence-corrected chi connectivity index (χ2v) is 2.67. The van der Waals surface area contributed by atoms with Gasteiger partial charge in [0.1, 0.15) is 5.82 Å². The van der Waals surface area contributed by atoms with Gasteiger partial charge in [-0.15, -0.1) is 0 Å². The van der Waals surface area contributed by atoms with Crippen molar-refractivity contribution in [2.75, 3.05) is 0 Å². The molecule has 2 aromatic heterocycles. The van der Waals surface area contributed by atoms with Gasteiger partial charge in [0, 0.05) is 18.5 Å². The lowest BCUT2D eigenvalue weighted by atomic mass is 10.4. The van der Waals surface area contributed by atoms with Crippen molar-refractivity contribution in [3.63, 3.8) is 0 Å². The zero-order valence-corrected chi connectivity index (χ0v) is 7.18. The predicted octanol–water partition coefficient (Wildman–Crippen LogP) is -0.0792. The molecule has 0 atom stereocenters. The van der Waals surface area contributed by atoms with Crippen molar-refractivity contribution in [3.8, 4) is 5.82 Å². The molecule has 0 saturated heterocycles. The zero-order valence-electron chi connectivity index (χ0n) is 7.18. The van der Waals surface area contributed by atoms with Crippen LogP contribution < -0.4 is 11.2 Å². The van der Waals surface area contributed by atoms with Gasteiger partial charge in [0.25, 0.3) is 5.56 Å². The van der Waals surface area contributed by atoms with Gasteiger partial charge in [0.15, 0.2) is 0 Å². The third-order valence-corrected chi connectivity index (χ3v) is 1.72. The highest BCUT2D eigenvalue weighted by molar-refractivity contribution is 5.20. The molecule has 2 aromatic rings. The molecule has 0 spiro atoms. The van der Waals surface area contributed by atoms with E-state index in [0.29, 0.717) is 5.82 Å². The normalized spacial score (nSPS) is 10.0. The number of hydrogen-bond donors (Lipinski definition) is 1. The van der Waals surface area contributed by atoms with Crippen LogP contribution in [0.1, 0.15) is 0 Å². The summed E-state index contributed by atoms with van der Waals surface area (Å²) in [6.07, 6.45) is 2.97. The van der Waals surface area contributed by atoms with Crippen LogP contribution in [-0.2, 0) is 0 Å². The molecule has 5 nitrogen and oxygen atoms in total. The Hall–Kier alpha value is -2.17. The molecule has 5 heteroatoms. The van der Waals surface area contributed by atoms with Crippen molar-refractivity contribution in [2.24, 2.45) is 0 Å². The first kappa shape index (κ1) is 8.43. The third kappa shape index (κ3) is 1.47. The molecular weight excluding hydrogens is 182 g/mol. The second-order valence-electron chi connectivity index (χ2n) is 2.67. The van der Waals surface area contributed by atoms with Crippen LogP contribution >= 0.6 is 0 Å². The Bertz CT molecular complexity index is 542. The minimum absolute atomic E-state index is 0.415. The fourth-order valence-electron chi connectivity index (χ4n) is 1.09. The van der Waals surface area contributed by atoms with E-state index < -0.39 is 11.2 Å². The smallest absolute Gasteiger partial charge is 0.274 e. The van der Waals surface area contributed by atoms with Crippen molar-refractivity contribution in [2.45, 2.75) is 0 Å². The highest BCUT2D eigenvalue weighted by atomic mass is 16.2. The molecule has 2 rings (SSSR count). The average molecular weight is 189 g/mol. The third-order valence-electron chi connectivity index (χ3n) is 1.72. The summed E-state index contributed by atoms with van der Waals surface area (Å²) in [5.74, 6) is 0.480. The fraction of sp³-hybridized carbons (Fsp3) is 0. The molecule has 0 aliphatic rings. The number of rotatable bonds is 1. The molecule has 14 heavy (non-hydrogen) atoms. The summed E-state index contributed by atoms with van der Waals surface area (Å²) in [6.45, 7) is 0. The molecule has 0 fully saturated rings. The molecule has 0 aliphatic carbocycles. The Labute approximate surface area is 78.7 Å². The van der Waals surface area contributed by atoms with Crippen LogP contribution in [0.15, 0.2) is 46.2 Å². The number of H-pyrrole nitrogens is 1. The highest BCUT2D eigenvalue weighted by Crippen LogP contribution is 1.96. The summed E-state index contributed by atoms with van der Waals surface area (Å²) in [5.41, 5.74) is -0.904. The molecule has 0 saturated carbocycles. The Morgan fingerprint density at radius 1 is 1.21 bits per heavy atom. The number of nitrogens with one attached hydrogen (secondary N) is 1. The monoisotopic (exact) mass is 189 g/mol. The Kier molecular flexibility index (Phi) is 1.98. The van der Waals surface area contributed by atoms with Crippen LogP contribution in [0, 0.1) is 0 Å². The average Bonchev–Trinajstić information content (AvgIpc) is 2.19. The van der Waals surface area contributed by atoms with Gasteiger partial charge in [-0.1, -0.05) is 6.07 Å². The van der Waals surface area contributed by atoms with E-state index in [9.17, 15) is 9.59 Å². The van der Waals surface area contributed by atoms with Gasteiger partial charge < -0.3 is 0 Å². The van der Waals surface area contributed by atoms with E-state index in [1.165, 1.54) is 16.8 Å². The summed E-state index contributed by atoms with van der Waals surface area (Å²) in [6, 6.07) is 6.47. The quantitative estimate of drug-likeness (QED) is 0.682. The van der Waals surface area contributed by atoms with E-state index in [0.717, 1.165) is 0 Å². The Balaban J connectivity index is 2.64. The van der Waals surface area contributed by atoms with Crippen LogP contribution in [0.2, 0.25) is 0 Å². The van der Waals surface area contributed by atoms with E-state index in [4.69, 9.17) is 0 Å². The van der Waals surface area contributed by atoms with Crippen LogP contribution in [-0.4, -0.2) is 14.5 Å². The first-order chi connectivity index (χ1) is 6.77. The lowest BCUT2D eigenvalue weighted by Gasteiger charge is -2.01. The van der Waals surface area contributed by atoms with E-state index in [-0.39, 0.29) is 0 Å². The van der Waals surface area contributed by atoms with Gasteiger partial charge in [0.05, 0.1) is 0 Å². The molecule has 0 amide bonds. The van der Waals surface area contributed by atoms with Crippen LogP contribution in [0.4, 0.5) is 0 Å². The maximum Gasteiger partial charge on any atom is 0.334 e. The molecule has 0 unspecified atom stereocenters. The maximum absolute atomic E-state index is 11.3. The van der Waals surface area contributed by atoms with Crippen molar-refractivity contribution in [3.05, 3.63) is 57.5 Å². The minimum atomic E-state index is -0.490. The summed E-state index contributed by atoms with van der Waals surface area (Å²) in [4.78, 5) is 28.2. The molecule has 0 aromatic carbocycles. The molecule has 2 heterocycles. The molecule has 1 N–H and O–H groups in total. The lowest BCUT2D eigenvalue weighted by Crippen LogP contribution is -2.27. The number of pyridine rings is 1. The standard InChI is InChI=1S/C9H7N3O2/c13-8-4-6-12(9(14)11-8)7-3-1-2-5-10-7/h1-6H,(H,11,13,14). The Morgan fingerprint density at radius 3 is 2.71 bits per heavy atom. The number of hydrogen-bond acceptors (Lipinski definition) is 3. The number of aromatic nitrogens is 3. The van der Waals surface area contributed by atoms with Crippen molar-refractivity contribution in [1.82, 2.24) is 14.5 Å². The SMILES string of the molecule is O=c1ccn(-c2ccccn2)c(=O)[nH]1. The molecular formula is C9H7N3O2. The van der Waals surface area contributed by atoms with Gasteiger partial charge in [-0.25, -0.2) is 9.78 Å². The highest BCUT2D eigenvalue weighted by Gasteiger charge is 1.98. The lowest BCUT2D eigenvalue weighted by molar-refractivity contribution is 0.867. The first-order valence-electron chi connectivity index (χ1n) is 4.01. The maximum atomic E-state index is 11.3. The fourth-order valence-corrected chi connectivity index (χ4v) is 1.09. The minimum Gasteiger partial charge on any atom is -0.274 e. The van der Waals surface area contributed by atoms with E-state index in [1.807, 2.05) is 0 Å². The van der Waals surface area contributed by atoms with Gasteiger partial charge in [-0.2, -0.15) is 0 Å². The van der Waals surface area contributed by atoms with Crippen molar-refractivity contribution >= 4 is 0 Å². The van der Waals surface area contributed by atoms with E-state index in [2.05, 4.69) is 9.97 Å². The van der Waals surface area contributed by atoms with Crippen molar-refractivity contribution in [1.29, 1.82) is 0 Å². The topological polar surface area (TPSA) is 67.8 Å². The van der Waals surface area contributed by atoms with Crippen LogP contribution in [0.3, 0.4) is 0 Å². The van der Waals surface area contributed by atoms with Crippen molar-refractivity contribution < 1.29 is 0 Å². The number of aromatic amines is 1. The van der Waals surface area contributed by atoms with Crippen LogP contribution in [0.5, 0.6) is 0 Å².